The Hall–Kier alpha value is -1.91. The van der Waals surface area contributed by atoms with Gasteiger partial charge in [0.25, 0.3) is 0 Å². The molecule has 1 aromatic carbocycles. The van der Waals surface area contributed by atoms with Gasteiger partial charge >= 0.3 is 0 Å². The maximum absolute atomic E-state index is 11.5. The van der Waals surface area contributed by atoms with Crippen LogP contribution in [0.4, 0.5) is 0 Å². The largest absolute Gasteiger partial charge is 0.504 e. The highest BCUT2D eigenvalue weighted by atomic mass is 16.5. The van der Waals surface area contributed by atoms with E-state index in [4.69, 9.17) is 4.74 Å². The summed E-state index contributed by atoms with van der Waals surface area (Å²) in [6.45, 7) is 2.43. The second kappa shape index (κ2) is 4.53. The number of aromatic hydroxyl groups is 2. The molecule has 1 heterocycles. The van der Waals surface area contributed by atoms with Crippen LogP contribution in [0.3, 0.4) is 0 Å². The van der Waals surface area contributed by atoms with Crippen molar-refractivity contribution >= 4 is 5.91 Å². The second-order valence-electron chi connectivity index (χ2n) is 4.13. The molecule has 1 saturated heterocycles. The Balaban J connectivity index is 2.10. The summed E-state index contributed by atoms with van der Waals surface area (Å²) < 4.78 is 5.51. The van der Waals surface area contributed by atoms with Gasteiger partial charge in [0.05, 0.1) is 5.92 Å². The number of phenols is 2. The number of benzene rings is 1. The van der Waals surface area contributed by atoms with E-state index >= 15 is 0 Å². The lowest BCUT2D eigenvalue weighted by atomic mass is 10.0. The molecule has 3 N–H and O–H groups in total. The lowest BCUT2D eigenvalue weighted by molar-refractivity contribution is -0.124. The van der Waals surface area contributed by atoms with Gasteiger partial charge in [-0.3, -0.25) is 4.79 Å². The lowest BCUT2D eigenvalue weighted by Crippen LogP contribution is -2.30. The minimum Gasteiger partial charge on any atom is -0.504 e. The maximum Gasteiger partial charge on any atom is 0.226 e. The second-order valence-corrected chi connectivity index (χ2v) is 4.13. The van der Waals surface area contributed by atoms with Crippen LogP contribution in [0.2, 0.25) is 0 Å². The first-order chi connectivity index (χ1) is 8.09. The predicted octanol–water partition coefficient (Wildman–Crippen LogP) is 1.00. The van der Waals surface area contributed by atoms with E-state index < -0.39 is 0 Å². The lowest BCUT2D eigenvalue weighted by Gasteiger charge is -2.19. The number of ether oxygens (including phenoxy) is 1. The van der Waals surface area contributed by atoms with Gasteiger partial charge < -0.3 is 20.3 Å². The van der Waals surface area contributed by atoms with Crippen LogP contribution in [-0.4, -0.2) is 28.8 Å². The molecule has 1 aliphatic rings. The van der Waals surface area contributed by atoms with Crippen LogP contribution < -0.4 is 10.1 Å². The fraction of sp³-hybridized carbons (Fsp3) is 0.417. The Kier molecular flexibility index (Phi) is 3.08. The summed E-state index contributed by atoms with van der Waals surface area (Å²) in [4.78, 5) is 11.5. The van der Waals surface area contributed by atoms with E-state index in [0.717, 1.165) is 6.42 Å². The third-order valence-corrected chi connectivity index (χ3v) is 2.95. The molecule has 5 nitrogen and oxygen atoms in total. The fourth-order valence-electron chi connectivity index (χ4n) is 1.95. The summed E-state index contributed by atoms with van der Waals surface area (Å²) >= 11 is 0. The Morgan fingerprint density at radius 3 is 2.88 bits per heavy atom. The molecule has 1 amide bonds. The molecule has 0 radical (unpaired) electrons. The average molecular weight is 237 g/mol. The number of amides is 1. The minimum atomic E-state index is -0.342. The van der Waals surface area contributed by atoms with E-state index in [9.17, 15) is 15.0 Å². The van der Waals surface area contributed by atoms with E-state index in [0.29, 0.717) is 6.54 Å². The molecule has 1 fully saturated rings. The third kappa shape index (κ3) is 2.27. The van der Waals surface area contributed by atoms with Gasteiger partial charge in [0.15, 0.2) is 11.5 Å². The van der Waals surface area contributed by atoms with Gasteiger partial charge in [0.1, 0.15) is 6.10 Å². The normalized spacial score (nSPS) is 21.0. The van der Waals surface area contributed by atoms with Crippen molar-refractivity contribution in [2.45, 2.75) is 19.4 Å². The summed E-state index contributed by atoms with van der Waals surface area (Å²) in [5.74, 6) is -0.575. The Morgan fingerprint density at radius 2 is 2.24 bits per heavy atom. The molecule has 0 bridgehead atoms. The van der Waals surface area contributed by atoms with Crippen LogP contribution in [0.5, 0.6) is 17.2 Å². The van der Waals surface area contributed by atoms with Gasteiger partial charge in [-0.15, -0.1) is 0 Å². The molecule has 92 valence electrons. The molecule has 1 aliphatic heterocycles. The van der Waals surface area contributed by atoms with Crippen molar-refractivity contribution in [3.63, 3.8) is 0 Å². The molecule has 2 atom stereocenters. The standard InChI is InChI=1S/C12H15NO4/c1-7(8-5-6-13-12(8)16)17-10-4-2-3-9(14)11(10)15/h2-4,7-8,14-15H,5-6H2,1H3,(H,13,16). The molecule has 2 unspecified atom stereocenters. The molecular weight excluding hydrogens is 222 g/mol. The van der Waals surface area contributed by atoms with Crippen molar-refractivity contribution in [1.82, 2.24) is 5.32 Å². The molecule has 1 aromatic rings. The van der Waals surface area contributed by atoms with Gasteiger partial charge in [-0.25, -0.2) is 0 Å². The van der Waals surface area contributed by atoms with Crippen molar-refractivity contribution in [2.75, 3.05) is 6.54 Å². The highest BCUT2D eigenvalue weighted by Gasteiger charge is 2.31. The average Bonchev–Trinajstić information content (AvgIpc) is 2.71. The molecule has 17 heavy (non-hydrogen) atoms. The van der Waals surface area contributed by atoms with Crippen LogP contribution in [0.25, 0.3) is 0 Å². The van der Waals surface area contributed by atoms with E-state index in [1.807, 2.05) is 0 Å². The van der Waals surface area contributed by atoms with Gasteiger partial charge in [0.2, 0.25) is 11.7 Å². The maximum atomic E-state index is 11.5. The highest BCUT2D eigenvalue weighted by molar-refractivity contribution is 5.81. The van der Waals surface area contributed by atoms with E-state index in [1.54, 1.807) is 19.1 Å². The van der Waals surface area contributed by atoms with Crippen molar-refractivity contribution in [2.24, 2.45) is 5.92 Å². The zero-order chi connectivity index (χ0) is 12.4. The zero-order valence-electron chi connectivity index (χ0n) is 9.51. The molecule has 0 aliphatic carbocycles. The third-order valence-electron chi connectivity index (χ3n) is 2.95. The number of para-hydroxylation sites is 1. The van der Waals surface area contributed by atoms with Crippen molar-refractivity contribution < 1.29 is 19.7 Å². The van der Waals surface area contributed by atoms with E-state index in [-0.39, 0.29) is 35.2 Å². The monoisotopic (exact) mass is 237 g/mol. The van der Waals surface area contributed by atoms with Crippen LogP contribution >= 0.6 is 0 Å². The number of phenolic OH excluding ortho intramolecular Hbond substituents is 2. The highest BCUT2D eigenvalue weighted by Crippen LogP contribution is 2.36. The molecule has 0 spiro atoms. The first-order valence-corrected chi connectivity index (χ1v) is 5.55. The summed E-state index contributed by atoms with van der Waals surface area (Å²) in [6, 6.07) is 4.50. The van der Waals surface area contributed by atoms with E-state index in [2.05, 4.69) is 5.32 Å². The first-order valence-electron chi connectivity index (χ1n) is 5.55. The Morgan fingerprint density at radius 1 is 1.47 bits per heavy atom. The Bertz CT molecular complexity index is 433. The molecule has 0 saturated carbocycles. The number of carbonyl (C=O) groups excluding carboxylic acids is 1. The number of hydrogen-bond acceptors (Lipinski definition) is 4. The summed E-state index contributed by atoms with van der Waals surface area (Å²) in [7, 11) is 0. The smallest absolute Gasteiger partial charge is 0.226 e. The minimum absolute atomic E-state index is 0.0304. The fourth-order valence-corrected chi connectivity index (χ4v) is 1.95. The number of hydrogen-bond donors (Lipinski definition) is 3. The van der Waals surface area contributed by atoms with Crippen molar-refractivity contribution in [3.8, 4) is 17.2 Å². The number of rotatable bonds is 3. The van der Waals surface area contributed by atoms with Gasteiger partial charge in [0, 0.05) is 6.54 Å². The van der Waals surface area contributed by atoms with Gasteiger partial charge in [-0.05, 0) is 25.5 Å². The van der Waals surface area contributed by atoms with Crippen molar-refractivity contribution in [1.29, 1.82) is 0 Å². The predicted molar refractivity (Wildman–Crippen MR) is 61.0 cm³/mol. The van der Waals surface area contributed by atoms with Crippen LogP contribution in [-0.2, 0) is 4.79 Å². The number of nitrogens with one attached hydrogen (secondary N) is 1. The van der Waals surface area contributed by atoms with Crippen molar-refractivity contribution in [3.05, 3.63) is 18.2 Å². The number of carbonyl (C=O) groups is 1. The molecule has 5 heteroatoms. The quantitative estimate of drug-likeness (QED) is 0.685. The SMILES string of the molecule is CC(Oc1cccc(O)c1O)C1CCNC1=O. The summed E-state index contributed by atoms with van der Waals surface area (Å²) in [5, 5.41) is 21.6. The van der Waals surface area contributed by atoms with Crippen LogP contribution in [0.1, 0.15) is 13.3 Å². The first kappa shape index (κ1) is 11.6. The van der Waals surface area contributed by atoms with Gasteiger partial charge in [-0.2, -0.15) is 0 Å². The summed E-state index contributed by atoms with van der Waals surface area (Å²) in [6.07, 6.45) is 0.379. The van der Waals surface area contributed by atoms with Crippen LogP contribution in [0, 0.1) is 5.92 Å². The molecule has 0 aromatic heterocycles. The zero-order valence-corrected chi connectivity index (χ0v) is 9.51. The molecular formula is C12H15NO4. The Labute approximate surface area is 99.0 Å². The summed E-state index contributed by atoms with van der Waals surface area (Å²) in [5.41, 5.74) is 0. The topological polar surface area (TPSA) is 78.8 Å². The van der Waals surface area contributed by atoms with E-state index in [1.165, 1.54) is 6.07 Å². The van der Waals surface area contributed by atoms with Crippen LogP contribution in [0.15, 0.2) is 18.2 Å². The molecule has 2 rings (SSSR count). The van der Waals surface area contributed by atoms with Gasteiger partial charge in [-0.1, -0.05) is 6.07 Å².